The lowest BCUT2D eigenvalue weighted by Crippen LogP contribution is -2.16. The Kier molecular flexibility index (Phi) is 3.30. The van der Waals surface area contributed by atoms with Crippen molar-refractivity contribution < 1.29 is 9.53 Å². The van der Waals surface area contributed by atoms with E-state index in [9.17, 15) is 4.79 Å². The third-order valence-electron chi connectivity index (χ3n) is 3.31. The highest BCUT2D eigenvalue weighted by Crippen LogP contribution is 2.37. The van der Waals surface area contributed by atoms with Gasteiger partial charge in [0.15, 0.2) is 0 Å². The minimum absolute atomic E-state index is 0.349. The van der Waals surface area contributed by atoms with Crippen molar-refractivity contribution in [3.63, 3.8) is 0 Å². The van der Waals surface area contributed by atoms with Crippen LogP contribution in [-0.2, 0) is 10.3 Å². The van der Waals surface area contributed by atoms with Crippen molar-refractivity contribution in [3.8, 4) is 0 Å². The zero-order valence-electron chi connectivity index (χ0n) is 11.4. The van der Waals surface area contributed by atoms with E-state index >= 15 is 0 Å². The molecule has 4 nitrogen and oxygen atoms in total. The lowest BCUT2D eigenvalue weighted by Gasteiger charge is -2.18. The number of anilines is 2. The smallest absolute Gasteiger partial charge is 0.341 e. The molecule has 0 saturated carbocycles. The molecule has 21 heavy (non-hydrogen) atoms. The number of benzene rings is 1. The van der Waals surface area contributed by atoms with E-state index in [0.29, 0.717) is 27.1 Å². The largest absolute Gasteiger partial charge is 0.451 e. The number of rotatable bonds is 2. The molecule has 1 aromatic heterocycles. The van der Waals surface area contributed by atoms with Gasteiger partial charge < -0.3 is 10.1 Å². The van der Waals surface area contributed by atoms with E-state index in [2.05, 4.69) is 10.3 Å². The van der Waals surface area contributed by atoms with E-state index in [1.54, 1.807) is 24.3 Å². The molecule has 2 heterocycles. The molecular formula is C15H12Cl2N2O2. The quantitative estimate of drug-likeness (QED) is 0.825. The van der Waals surface area contributed by atoms with Crippen LogP contribution < -0.4 is 5.32 Å². The molecule has 0 aliphatic carbocycles. The molecule has 1 aromatic carbocycles. The van der Waals surface area contributed by atoms with Gasteiger partial charge in [0.1, 0.15) is 11.4 Å². The number of ether oxygens (including phenoxy) is 1. The molecule has 6 heteroatoms. The zero-order chi connectivity index (χ0) is 15.2. The Hall–Kier alpha value is -1.78. The van der Waals surface area contributed by atoms with Gasteiger partial charge in [-0.15, -0.1) is 0 Å². The summed E-state index contributed by atoms with van der Waals surface area (Å²) in [6, 6.07) is 6.95. The minimum Gasteiger partial charge on any atom is -0.451 e. The zero-order valence-corrected chi connectivity index (χ0v) is 12.9. The second kappa shape index (κ2) is 4.90. The monoisotopic (exact) mass is 322 g/mol. The maximum absolute atomic E-state index is 11.7. The van der Waals surface area contributed by atoms with E-state index in [0.717, 1.165) is 5.56 Å². The van der Waals surface area contributed by atoms with Crippen molar-refractivity contribution in [3.05, 3.63) is 51.6 Å². The van der Waals surface area contributed by atoms with Gasteiger partial charge in [-0.25, -0.2) is 9.78 Å². The Morgan fingerprint density at radius 1 is 1.24 bits per heavy atom. The number of fused-ring (bicyclic) bond motifs is 1. The summed E-state index contributed by atoms with van der Waals surface area (Å²) in [7, 11) is 0. The van der Waals surface area contributed by atoms with Crippen molar-refractivity contribution in [1.82, 2.24) is 4.98 Å². The number of nitrogens with one attached hydrogen (secondary N) is 1. The summed E-state index contributed by atoms with van der Waals surface area (Å²) < 4.78 is 5.31. The average molecular weight is 323 g/mol. The summed E-state index contributed by atoms with van der Waals surface area (Å²) in [5.74, 6) is 0.239. The molecule has 1 aliphatic heterocycles. The molecule has 3 rings (SSSR count). The summed E-state index contributed by atoms with van der Waals surface area (Å²) in [6.07, 6.45) is 1.51. The number of hydrogen-bond donors (Lipinski definition) is 1. The van der Waals surface area contributed by atoms with Crippen molar-refractivity contribution >= 4 is 40.7 Å². The molecule has 0 fully saturated rings. The highest BCUT2D eigenvalue weighted by molar-refractivity contribution is 6.36. The first kappa shape index (κ1) is 14.2. The van der Waals surface area contributed by atoms with E-state index in [4.69, 9.17) is 27.9 Å². The lowest BCUT2D eigenvalue weighted by molar-refractivity contribution is 0.00955. The molecule has 1 aliphatic rings. The summed E-state index contributed by atoms with van der Waals surface area (Å²) in [4.78, 5) is 15.9. The predicted octanol–water partition coefficient (Wildman–Crippen LogP) is 4.54. The molecule has 0 spiro atoms. The van der Waals surface area contributed by atoms with Crippen LogP contribution in [0.4, 0.5) is 11.5 Å². The summed E-state index contributed by atoms with van der Waals surface area (Å²) >= 11 is 12.0. The molecule has 0 bridgehead atoms. The predicted molar refractivity (Wildman–Crippen MR) is 82.4 cm³/mol. The molecule has 1 N–H and O–H groups in total. The van der Waals surface area contributed by atoms with Crippen LogP contribution in [0, 0.1) is 0 Å². The fourth-order valence-corrected chi connectivity index (χ4v) is 2.71. The highest BCUT2D eigenvalue weighted by Gasteiger charge is 2.38. The minimum atomic E-state index is -0.657. The Morgan fingerprint density at radius 3 is 2.71 bits per heavy atom. The van der Waals surface area contributed by atoms with Gasteiger partial charge in [-0.1, -0.05) is 23.2 Å². The first-order valence-electron chi connectivity index (χ1n) is 6.33. The number of halogens is 2. The Balaban J connectivity index is 1.97. The number of nitrogens with zero attached hydrogens (tertiary/aromatic N) is 1. The molecule has 0 saturated heterocycles. The third kappa shape index (κ3) is 2.57. The van der Waals surface area contributed by atoms with Crippen LogP contribution in [0.25, 0.3) is 0 Å². The molecule has 108 valence electrons. The van der Waals surface area contributed by atoms with Gasteiger partial charge in [-0.3, -0.25) is 0 Å². The SMILES string of the molecule is CC1(C)OC(=O)c2cnc(Nc3ccc(Cl)cc3Cl)cc21. The van der Waals surface area contributed by atoms with Crippen LogP contribution in [0.15, 0.2) is 30.5 Å². The number of aromatic nitrogens is 1. The van der Waals surface area contributed by atoms with Crippen LogP contribution in [0.2, 0.25) is 10.0 Å². The number of carbonyl (C=O) groups is 1. The first-order valence-corrected chi connectivity index (χ1v) is 7.08. The fraction of sp³-hybridized carbons (Fsp3) is 0.200. The summed E-state index contributed by atoms with van der Waals surface area (Å²) in [5, 5.41) is 4.17. The van der Waals surface area contributed by atoms with Gasteiger partial charge in [0, 0.05) is 16.8 Å². The van der Waals surface area contributed by atoms with Crippen molar-refractivity contribution in [2.45, 2.75) is 19.4 Å². The normalized spacial score (nSPS) is 15.5. The lowest BCUT2D eigenvalue weighted by atomic mass is 9.97. The second-order valence-corrected chi connectivity index (χ2v) is 6.11. The molecule has 0 radical (unpaired) electrons. The number of cyclic esters (lactones) is 1. The van der Waals surface area contributed by atoms with Gasteiger partial charge in [0.25, 0.3) is 0 Å². The average Bonchev–Trinajstić information content (AvgIpc) is 2.63. The molecule has 2 aromatic rings. The van der Waals surface area contributed by atoms with Crippen LogP contribution in [0.3, 0.4) is 0 Å². The number of carbonyl (C=O) groups excluding carboxylic acids is 1. The Labute approximate surface area is 132 Å². The second-order valence-electron chi connectivity index (χ2n) is 5.26. The molecule has 0 amide bonds. The van der Waals surface area contributed by atoms with Crippen LogP contribution in [-0.4, -0.2) is 11.0 Å². The van der Waals surface area contributed by atoms with Crippen LogP contribution in [0.1, 0.15) is 29.8 Å². The van der Waals surface area contributed by atoms with Gasteiger partial charge in [0.05, 0.1) is 16.3 Å². The van der Waals surface area contributed by atoms with Crippen LogP contribution in [0.5, 0.6) is 0 Å². The highest BCUT2D eigenvalue weighted by atomic mass is 35.5. The summed E-state index contributed by atoms with van der Waals surface area (Å²) in [6.45, 7) is 3.69. The van der Waals surface area contributed by atoms with Gasteiger partial charge in [0.2, 0.25) is 0 Å². The van der Waals surface area contributed by atoms with E-state index in [1.165, 1.54) is 6.20 Å². The van der Waals surface area contributed by atoms with Gasteiger partial charge >= 0.3 is 5.97 Å². The first-order chi connectivity index (χ1) is 9.87. The molecular weight excluding hydrogens is 311 g/mol. The van der Waals surface area contributed by atoms with Crippen molar-refractivity contribution in [1.29, 1.82) is 0 Å². The molecule has 0 unspecified atom stereocenters. The van der Waals surface area contributed by atoms with E-state index in [1.807, 2.05) is 13.8 Å². The van der Waals surface area contributed by atoms with E-state index < -0.39 is 5.60 Å². The van der Waals surface area contributed by atoms with Crippen molar-refractivity contribution in [2.75, 3.05) is 5.32 Å². The summed E-state index contributed by atoms with van der Waals surface area (Å²) in [5.41, 5.74) is 1.33. The van der Waals surface area contributed by atoms with Gasteiger partial charge in [-0.2, -0.15) is 0 Å². The van der Waals surface area contributed by atoms with Crippen LogP contribution >= 0.6 is 23.2 Å². The van der Waals surface area contributed by atoms with E-state index in [-0.39, 0.29) is 5.97 Å². The fourth-order valence-electron chi connectivity index (χ4n) is 2.26. The maximum Gasteiger partial charge on any atom is 0.341 e. The number of esters is 1. The molecule has 0 atom stereocenters. The third-order valence-corrected chi connectivity index (χ3v) is 3.86. The Bertz CT molecular complexity index is 744. The Morgan fingerprint density at radius 2 is 2.00 bits per heavy atom. The van der Waals surface area contributed by atoms with Gasteiger partial charge in [-0.05, 0) is 38.1 Å². The topological polar surface area (TPSA) is 51.2 Å². The maximum atomic E-state index is 11.7. The number of pyridine rings is 1. The standard InChI is InChI=1S/C15H12Cl2N2O2/c1-15(2)10-6-13(18-7-9(10)14(20)21-15)19-12-4-3-8(16)5-11(12)17/h3-7H,1-2H3,(H,18,19). The van der Waals surface area contributed by atoms with Crippen molar-refractivity contribution in [2.24, 2.45) is 0 Å². The number of hydrogen-bond acceptors (Lipinski definition) is 4.